The van der Waals surface area contributed by atoms with Crippen LogP contribution in [0.4, 0.5) is 5.95 Å². The van der Waals surface area contributed by atoms with Crippen molar-refractivity contribution in [3.8, 4) is 0 Å². The van der Waals surface area contributed by atoms with Crippen LogP contribution in [0.1, 0.15) is 0 Å². The van der Waals surface area contributed by atoms with Crippen molar-refractivity contribution < 1.29 is 0 Å². The van der Waals surface area contributed by atoms with E-state index < -0.39 is 0 Å². The number of rotatable bonds is 1. The van der Waals surface area contributed by atoms with Crippen molar-refractivity contribution in [1.82, 2.24) is 20.2 Å². The lowest BCUT2D eigenvalue weighted by Crippen LogP contribution is -1.92. The molecule has 0 fully saturated rings. The van der Waals surface area contributed by atoms with Crippen molar-refractivity contribution in [3.05, 3.63) is 7.05 Å². The Bertz CT molecular complexity index is 168. The molecule has 1 aromatic rings. The van der Waals surface area contributed by atoms with Gasteiger partial charge in [-0.25, -0.2) is 0 Å². The number of hydrogen-bond acceptors (Lipinski definition) is 4. The van der Waals surface area contributed by atoms with Gasteiger partial charge in [0, 0.05) is 7.05 Å². The van der Waals surface area contributed by atoms with E-state index in [0.29, 0.717) is 5.95 Å². The standard InChI is InChI=1S/C3H6N5/c1-4-3-5-7-8(2)6-3/h1H2,2H3,(H,4,6). The summed E-state index contributed by atoms with van der Waals surface area (Å²) in [7, 11) is 5.03. The van der Waals surface area contributed by atoms with Gasteiger partial charge in [0.15, 0.2) is 0 Å². The molecule has 0 aromatic carbocycles. The lowest BCUT2D eigenvalue weighted by Gasteiger charge is -1.81. The van der Waals surface area contributed by atoms with Crippen LogP contribution in [-0.4, -0.2) is 20.2 Å². The summed E-state index contributed by atoms with van der Waals surface area (Å²) in [4.78, 5) is 1.35. The molecule has 5 nitrogen and oxygen atoms in total. The van der Waals surface area contributed by atoms with E-state index in [-0.39, 0.29) is 0 Å². The van der Waals surface area contributed by atoms with E-state index in [0.717, 1.165) is 0 Å². The van der Waals surface area contributed by atoms with Crippen LogP contribution >= 0.6 is 0 Å². The topological polar surface area (TPSA) is 55.6 Å². The molecule has 0 atom stereocenters. The zero-order valence-corrected chi connectivity index (χ0v) is 4.50. The largest absolute Gasteiger partial charge is 0.350 e. The number of nitrogens with one attached hydrogen (secondary N) is 1. The van der Waals surface area contributed by atoms with Crippen LogP contribution < -0.4 is 5.32 Å². The monoisotopic (exact) mass is 112 g/mol. The highest BCUT2D eigenvalue weighted by molar-refractivity contribution is 5.18. The van der Waals surface area contributed by atoms with E-state index in [2.05, 4.69) is 27.8 Å². The molecule has 8 heavy (non-hydrogen) atoms. The maximum Gasteiger partial charge on any atom is 0.263 e. The number of aromatic nitrogens is 4. The summed E-state index contributed by atoms with van der Waals surface area (Å²) >= 11 is 0. The molecule has 1 aromatic heterocycles. The average Bonchev–Trinajstić information content (AvgIpc) is 2.14. The summed E-state index contributed by atoms with van der Waals surface area (Å²) in [5.74, 6) is 0.438. The van der Waals surface area contributed by atoms with E-state index in [1.807, 2.05) is 0 Å². The fourth-order valence-corrected chi connectivity index (χ4v) is 0.355. The van der Waals surface area contributed by atoms with E-state index in [1.54, 1.807) is 7.05 Å². The summed E-state index contributed by atoms with van der Waals surface area (Å²) in [5.41, 5.74) is 0. The Morgan fingerprint density at radius 2 is 2.50 bits per heavy atom. The van der Waals surface area contributed by atoms with E-state index in [1.165, 1.54) is 4.80 Å². The van der Waals surface area contributed by atoms with Gasteiger partial charge in [-0.05, 0) is 5.21 Å². The molecule has 0 saturated heterocycles. The summed E-state index contributed by atoms with van der Waals surface area (Å²) < 4.78 is 0. The fraction of sp³-hybridized carbons (Fsp3) is 0.333. The predicted octanol–water partition coefficient (Wildman–Crippen LogP) is -0.586. The van der Waals surface area contributed by atoms with Gasteiger partial charge in [0.05, 0.1) is 7.05 Å². The Balaban J connectivity index is 2.84. The Hall–Kier alpha value is -1.13. The Kier molecular flexibility index (Phi) is 1.11. The maximum absolute atomic E-state index is 3.75. The molecule has 0 saturated carbocycles. The maximum atomic E-state index is 3.75. The van der Waals surface area contributed by atoms with Crippen LogP contribution in [0.25, 0.3) is 0 Å². The molecule has 0 aliphatic heterocycles. The van der Waals surface area contributed by atoms with Gasteiger partial charge in [0.1, 0.15) is 0 Å². The van der Waals surface area contributed by atoms with Crippen LogP contribution in [0.15, 0.2) is 0 Å². The molecule has 0 aliphatic rings. The zero-order valence-electron chi connectivity index (χ0n) is 4.50. The second-order valence-corrected chi connectivity index (χ2v) is 1.28. The molecule has 1 N–H and O–H groups in total. The molecule has 0 spiro atoms. The minimum Gasteiger partial charge on any atom is -0.350 e. The first-order chi connectivity index (χ1) is 3.83. The third-order valence-corrected chi connectivity index (χ3v) is 0.666. The predicted molar refractivity (Wildman–Crippen MR) is 27.8 cm³/mol. The normalized spacial score (nSPS) is 9.25. The third kappa shape index (κ3) is 0.749. The van der Waals surface area contributed by atoms with Gasteiger partial charge < -0.3 is 5.32 Å². The highest BCUT2D eigenvalue weighted by Gasteiger charge is 1.91. The van der Waals surface area contributed by atoms with Gasteiger partial charge in [-0.15, -0.1) is 5.10 Å². The first kappa shape index (κ1) is 5.02. The van der Waals surface area contributed by atoms with Crippen LogP contribution in [-0.2, 0) is 7.05 Å². The number of aryl methyl sites for hydroxylation is 1. The van der Waals surface area contributed by atoms with Crippen molar-refractivity contribution >= 4 is 5.95 Å². The van der Waals surface area contributed by atoms with Gasteiger partial charge in [-0.3, -0.25) is 0 Å². The highest BCUT2D eigenvalue weighted by atomic mass is 15.6. The Morgan fingerprint density at radius 3 is 2.75 bits per heavy atom. The molecule has 0 bridgehead atoms. The van der Waals surface area contributed by atoms with Crippen molar-refractivity contribution in [2.75, 3.05) is 5.32 Å². The van der Waals surface area contributed by atoms with Crippen LogP contribution in [0.5, 0.6) is 0 Å². The molecule has 0 amide bonds. The molecular weight excluding hydrogens is 106 g/mol. The third-order valence-electron chi connectivity index (χ3n) is 0.666. The molecule has 1 radical (unpaired) electrons. The van der Waals surface area contributed by atoms with Crippen molar-refractivity contribution in [3.63, 3.8) is 0 Å². The second kappa shape index (κ2) is 1.77. The SMILES string of the molecule is [CH2]Nc1nnn(C)n1. The summed E-state index contributed by atoms with van der Waals surface area (Å²) in [6.07, 6.45) is 0. The minimum absolute atomic E-state index is 0.438. The number of tetrazole rings is 1. The number of nitrogens with zero attached hydrogens (tertiary/aromatic N) is 4. The quantitative estimate of drug-likeness (QED) is 0.527. The molecule has 1 heterocycles. The van der Waals surface area contributed by atoms with Crippen LogP contribution in [0.2, 0.25) is 0 Å². The smallest absolute Gasteiger partial charge is 0.263 e. The Morgan fingerprint density at radius 1 is 1.75 bits per heavy atom. The minimum atomic E-state index is 0.438. The fourth-order valence-electron chi connectivity index (χ4n) is 0.355. The molecule has 0 aliphatic carbocycles. The highest BCUT2D eigenvalue weighted by Crippen LogP contribution is 1.86. The number of hydrogen-bond donors (Lipinski definition) is 1. The van der Waals surface area contributed by atoms with Crippen LogP contribution in [0.3, 0.4) is 0 Å². The van der Waals surface area contributed by atoms with Crippen LogP contribution in [0, 0.1) is 7.05 Å². The van der Waals surface area contributed by atoms with Crippen molar-refractivity contribution in [1.29, 1.82) is 0 Å². The molecule has 43 valence electrons. The lowest BCUT2D eigenvalue weighted by molar-refractivity contribution is 0.630. The van der Waals surface area contributed by atoms with Crippen molar-refractivity contribution in [2.24, 2.45) is 7.05 Å². The first-order valence-corrected chi connectivity index (χ1v) is 2.10. The van der Waals surface area contributed by atoms with Gasteiger partial charge >= 0.3 is 0 Å². The van der Waals surface area contributed by atoms with Gasteiger partial charge in [-0.2, -0.15) is 4.80 Å². The van der Waals surface area contributed by atoms with Crippen molar-refractivity contribution in [2.45, 2.75) is 0 Å². The van der Waals surface area contributed by atoms with E-state index in [4.69, 9.17) is 0 Å². The summed E-state index contributed by atoms with van der Waals surface area (Å²) in [6, 6.07) is 0. The molecule has 5 heteroatoms. The molecular formula is C3H6N5. The summed E-state index contributed by atoms with van der Waals surface area (Å²) in [5, 5.41) is 13.3. The summed E-state index contributed by atoms with van der Waals surface area (Å²) in [6.45, 7) is 0. The first-order valence-electron chi connectivity index (χ1n) is 2.10. The second-order valence-electron chi connectivity index (χ2n) is 1.28. The Labute approximate surface area is 46.7 Å². The van der Waals surface area contributed by atoms with Gasteiger partial charge in [0.2, 0.25) is 0 Å². The van der Waals surface area contributed by atoms with E-state index in [9.17, 15) is 0 Å². The lowest BCUT2D eigenvalue weighted by atomic mass is 11.0. The zero-order chi connectivity index (χ0) is 5.98. The van der Waals surface area contributed by atoms with Gasteiger partial charge in [0.25, 0.3) is 5.95 Å². The average molecular weight is 112 g/mol. The molecule has 0 unspecified atom stereocenters. The molecule has 1 rings (SSSR count). The van der Waals surface area contributed by atoms with E-state index >= 15 is 0 Å². The van der Waals surface area contributed by atoms with Gasteiger partial charge in [-0.1, -0.05) is 5.10 Å². The number of anilines is 1.